The predicted octanol–water partition coefficient (Wildman–Crippen LogP) is 5.67. The first-order chi connectivity index (χ1) is 19.3. The van der Waals surface area contributed by atoms with Gasteiger partial charge >= 0.3 is 0 Å². The molecule has 6 rings (SSSR count). The summed E-state index contributed by atoms with van der Waals surface area (Å²) in [7, 11) is 0. The van der Waals surface area contributed by atoms with E-state index in [1.807, 2.05) is 30.3 Å². The number of nitro groups is 1. The molecule has 202 valence electrons. The molecule has 0 unspecified atom stereocenters. The normalized spacial score (nSPS) is 20.3. The summed E-state index contributed by atoms with van der Waals surface area (Å²) in [4.78, 5) is 46.3. The minimum atomic E-state index is -1.18. The lowest BCUT2D eigenvalue weighted by atomic mass is 9.90. The SMILES string of the molecule is CCOc1cc([C@@H]2[C@@H]3C(=O)N(c4cccc5ccccc45)C(=O)[C@H]3ON2c2cccc([N+](=O)[O-])c2)cc(Br)c1O. The van der Waals surface area contributed by atoms with Gasteiger partial charge in [-0.3, -0.25) is 24.5 Å². The van der Waals surface area contributed by atoms with Crippen LogP contribution in [0.3, 0.4) is 0 Å². The van der Waals surface area contributed by atoms with E-state index in [2.05, 4.69) is 15.9 Å². The first kappa shape index (κ1) is 25.8. The quantitative estimate of drug-likeness (QED) is 0.170. The van der Waals surface area contributed by atoms with Crippen LogP contribution in [-0.2, 0) is 14.4 Å². The number of nitrogens with zero attached hydrogens (tertiary/aromatic N) is 3. The summed E-state index contributed by atoms with van der Waals surface area (Å²) < 4.78 is 5.93. The summed E-state index contributed by atoms with van der Waals surface area (Å²) in [6.45, 7) is 2.04. The first-order valence-corrected chi connectivity index (χ1v) is 13.3. The molecule has 0 aromatic heterocycles. The maximum absolute atomic E-state index is 14.1. The van der Waals surface area contributed by atoms with Gasteiger partial charge in [-0.2, -0.15) is 0 Å². The van der Waals surface area contributed by atoms with Crippen LogP contribution >= 0.6 is 15.9 Å². The molecule has 4 aromatic carbocycles. The van der Waals surface area contributed by atoms with E-state index in [-0.39, 0.29) is 23.8 Å². The fourth-order valence-corrected chi connectivity index (χ4v) is 5.85. The predicted molar refractivity (Wildman–Crippen MR) is 150 cm³/mol. The van der Waals surface area contributed by atoms with E-state index in [0.717, 1.165) is 15.7 Å². The molecule has 4 aromatic rings. The van der Waals surface area contributed by atoms with Crippen LogP contribution in [0.5, 0.6) is 11.5 Å². The molecule has 0 aliphatic carbocycles. The molecule has 2 heterocycles. The average molecular weight is 604 g/mol. The molecule has 3 atom stereocenters. The second kappa shape index (κ2) is 9.92. The maximum Gasteiger partial charge on any atom is 0.271 e. The van der Waals surface area contributed by atoms with Crippen molar-refractivity contribution in [2.45, 2.75) is 19.1 Å². The van der Waals surface area contributed by atoms with Gasteiger partial charge in [0.25, 0.3) is 11.6 Å². The lowest BCUT2D eigenvalue weighted by Gasteiger charge is -2.29. The molecule has 0 radical (unpaired) electrons. The third-order valence-electron chi connectivity index (χ3n) is 7.11. The molecular formula is C29H22BrN3O7. The summed E-state index contributed by atoms with van der Waals surface area (Å²) in [5.41, 5.74) is 1.09. The number of aromatic hydroxyl groups is 1. The minimum absolute atomic E-state index is 0.117. The summed E-state index contributed by atoms with van der Waals surface area (Å²) in [5.74, 6) is -1.93. The van der Waals surface area contributed by atoms with Crippen LogP contribution in [0.1, 0.15) is 18.5 Å². The van der Waals surface area contributed by atoms with Crippen LogP contribution < -0.4 is 14.7 Å². The Kier molecular flexibility index (Phi) is 6.40. The van der Waals surface area contributed by atoms with Crippen molar-refractivity contribution in [3.63, 3.8) is 0 Å². The summed E-state index contributed by atoms with van der Waals surface area (Å²) in [6.07, 6.45) is -1.18. The van der Waals surface area contributed by atoms with E-state index in [1.54, 1.807) is 37.3 Å². The van der Waals surface area contributed by atoms with Gasteiger partial charge < -0.3 is 9.84 Å². The molecule has 2 aliphatic heterocycles. The zero-order valence-electron chi connectivity index (χ0n) is 21.1. The Labute approximate surface area is 236 Å². The number of phenols is 1. The standard InChI is InChI=1S/C29H22BrN3O7/c1-2-39-23-14-17(13-21(30)26(23)34)25-24-27(40-32(25)18-9-6-10-19(15-18)33(37)38)29(36)31(28(24)35)22-12-5-8-16-7-3-4-11-20(16)22/h3-15,24-25,27,34H,2H2,1H3/t24-,25+,27-/m0/s1. The number of carbonyl (C=O) groups excluding carboxylic acids is 2. The topological polar surface area (TPSA) is 122 Å². The highest BCUT2D eigenvalue weighted by molar-refractivity contribution is 9.10. The number of benzene rings is 4. The number of non-ortho nitro benzene ring substituents is 1. The number of nitro benzene ring substituents is 1. The number of halogens is 1. The lowest BCUT2D eigenvalue weighted by molar-refractivity contribution is -0.384. The largest absolute Gasteiger partial charge is 0.503 e. The number of phenolic OH excluding ortho intramolecular Hbond substituents is 1. The number of amides is 2. The Bertz CT molecular complexity index is 1690. The van der Waals surface area contributed by atoms with Crippen molar-refractivity contribution in [1.82, 2.24) is 0 Å². The highest BCUT2D eigenvalue weighted by Crippen LogP contribution is 2.50. The second-order valence-corrected chi connectivity index (χ2v) is 10.2. The molecule has 2 aliphatic rings. The fraction of sp³-hybridized carbons (Fsp3) is 0.172. The van der Waals surface area contributed by atoms with Gasteiger partial charge in [0, 0.05) is 17.5 Å². The van der Waals surface area contributed by atoms with Crippen LogP contribution in [0.2, 0.25) is 0 Å². The van der Waals surface area contributed by atoms with Gasteiger partial charge in [0.2, 0.25) is 5.91 Å². The lowest BCUT2D eigenvalue weighted by Crippen LogP contribution is -2.37. The molecular weight excluding hydrogens is 582 g/mol. The monoisotopic (exact) mass is 603 g/mol. The molecule has 10 nitrogen and oxygen atoms in total. The van der Waals surface area contributed by atoms with Crippen molar-refractivity contribution in [3.05, 3.63) is 99.0 Å². The van der Waals surface area contributed by atoms with Crippen LogP contribution in [0, 0.1) is 16.0 Å². The molecule has 2 fully saturated rings. The van der Waals surface area contributed by atoms with E-state index >= 15 is 0 Å². The summed E-state index contributed by atoms with van der Waals surface area (Å²) in [6, 6.07) is 21.0. The molecule has 2 amide bonds. The van der Waals surface area contributed by atoms with E-state index < -0.39 is 34.8 Å². The number of rotatable bonds is 6. The van der Waals surface area contributed by atoms with Crippen LogP contribution in [0.25, 0.3) is 10.8 Å². The fourth-order valence-electron chi connectivity index (χ4n) is 5.39. The van der Waals surface area contributed by atoms with Crippen LogP contribution in [0.15, 0.2) is 83.3 Å². The Morgan fingerprint density at radius 3 is 2.55 bits per heavy atom. The number of hydrogen-bond acceptors (Lipinski definition) is 8. The summed E-state index contributed by atoms with van der Waals surface area (Å²) in [5, 5.41) is 25.0. The smallest absolute Gasteiger partial charge is 0.271 e. The van der Waals surface area contributed by atoms with E-state index in [4.69, 9.17) is 9.57 Å². The number of carbonyl (C=O) groups is 2. The highest BCUT2D eigenvalue weighted by Gasteiger charge is 2.60. The van der Waals surface area contributed by atoms with Gasteiger partial charge in [-0.15, -0.1) is 0 Å². The molecule has 11 heteroatoms. The molecule has 40 heavy (non-hydrogen) atoms. The van der Waals surface area contributed by atoms with Crippen molar-refractivity contribution in [1.29, 1.82) is 0 Å². The number of hydroxylamine groups is 1. The Morgan fingerprint density at radius 2 is 1.77 bits per heavy atom. The molecule has 0 bridgehead atoms. The van der Waals surface area contributed by atoms with Crippen molar-refractivity contribution in [2.24, 2.45) is 5.92 Å². The molecule has 1 N–H and O–H groups in total. The summed E-state index contributed by atoms with van der Waals surface area (Å²) >= 11 is 3.36. The Hall–Kier alpha value is -4.48. The average Bonchev–Trinajstić information content (AvgIpc) is 3.46. The number of anilines is 2. The highest BCUT2D eigenvalue weighted by atomic mass is 79.9. The Morgan fingerprint density at radius 1 is 1.02 bits per heavy atom. The number of hydrogen-bond donors (Lipinski definition) is 1. The van der Waals surface area contributed by atoms with E-state index in [9.17, 15) is 24.8 Å². The van der Waals surface area contributed by atoms with E-state index in [0.29, 0.717) is 21.4 Å². The van der Waals surface area contributed by atoms with Gasteiger partial charge in [0.1, 0.15) is 5.92 Å². The van der Waals surface area contributed by atoms with Crippen molar-refractivity contribution < 1.29 is 29.2 Å². The zero-order chi connectivity index (χ0) is 28.1. The third-order valence-corrected chi connectivity index (χ3v) is 7.71. The van der Waals surface area contributed by atoms with Gasteiger partial charge in [0.05, 0.1) is 33.4 Å². The number of imide groups is 1. The van der Waals surface area contributed by atoms with Crippen LogP contribution in [-0.4, -0.2) is 34.6 Å². The minimum Gasteiger partial charge on any atom is -0.503 e. The Balaban J connectivity index is 1.50. The van der Waals surface area contributed by atoms with Crippen molar-refractivity contribution in [2.75, 3.05) is 16.6 Å². The van der Waals surface area contributed by atoms with Gasteiger partial charge in [-0.1, -0.05) is 42.5 Å². The van der Waals surface area contributed by atoms with E-state index in [1.165, 1.54) is 23.3 Å². The zero-order valence-corrected chi connectivity index (χ0v) is 22.6. The van der Waals surface area contributed by atoms with Crippen molar-refractivity contribution >= 4 is 55.6 Å². The van der Waals surface area contributed by atoms with Crippen molar-refractivity contribution in [3.8, 4) is 11.5 Å². The molecule has 0 spiro atoms. The first-order valence-electron chi connectivity index (χ1n) is 12.5. The molecule has 2 saturated heterocycles. The third kappa shape index (κ3) is 4.05. The van der Waals surface area contributed by atoms with Crippen LogP contribution in [0.4, 0.5) is 17.1 Å². The molecule has 0 saturated carbocycles. The van der Waals surface area contributed by atoms with Gasteiger partial charge in [0.15, 0.2) is 17.6 Å². The van der Waals surface area contributed by atoms with Gasteiger partial charge in [-0.25, -0.2) is 9.96 Å². The second-order valence-electron chi connectivity index (χ2n) is 9.39. The van der Waals surface area contributed by atoms with Gasteiger partial charge in [-0.05, 0) is 58.1 Å². The maximum atomic E-state index is 14.1. The number of ether oxygens (including phenoxy) is 1. The number of fused-ring (bicyclic) bond motifs is 2.